The second kappa shape index (κ2) is 7.81. The number of hydrogen-bond donors (Lipinski definition) is 1. The third-order valence-electron chi connectivity index (χ3n) is 3.66. The van der Waals surface area contributed by atoms with Crippen LogP contribution in [0.15, 0.2) is 54.6 Å². The van der Waals surface area contributed by atoms with Crippen molar-refractivity contribution in [3.05, 3.63) is 65.7 Å². The standard InChI is InChI=1S/C19H17N3O2S/c1-13-7-9-14(10-8-13)16(23)11-12-17(24)20-19-21-18(22-25-19)15-5-3-2-4-6-15/h2-10H,11-12H2,1H3,(H,20,21,22,24). The van der Waals surface area contributed by atoms with E-state index in [0.29, 0.717) is 16.5 Å². The van der Waals surface area contributed by atoms with Crippen LogP contribution in [0.1, 0.15) is 28.8 Å². The first kappa shape index (κ1) is 17.0. The fourth-order valence-electron chi connectivity index (χ4n) is 2.27. The molecule has 126 valence electrons. The average Bonchev–Trinajstić information content (AvgIpc) is 3.09. The molecule has 0 spiro atoms. The first-order valence-electron chi connectivity index (χ1n) is 7.90. The minimum atomic E-state index is -0.240. The molecule has 0 atom stereocenters. The van der Waals surface area contributed by atoms with Crippen LogP contribution >= 0.6 is 11.5 Å². The van der Waals surface area contributed by atoms with Crippen LogP contribution in [0.5, 0.6) is 0 Å². The fraction of sp³-hybridized carbons (Fsp3) is 0.158. The predicted octanol–water partition coefficient (Wildman–Crippen LogP) is 4.12. The highest BCUT2D eigenvalue weighted by Crippen LogP contribution is 2.20. The molecule has 0 aliphatic rings. The average molecular weight is 351 g/mol. The zero-order chi connectivity index (χ0) is 17.6. The normalized spacial score (nSPS) is 10.4. The molecular formula is C19H17N3O2S. The van der Waals surface area contributed by atoms with Gasteiger partial charge in [-0.1, -0.05) is 60.2 Å². The lowest BCUT2D eigenvalue weighted by molar-refractivity contribution is -0.116. The molecule has 3 rings (SSSR count). The lowest BCUT2D eigenvalue weighted by Gasteiger charge is -2.02. The van der Waals surface area contributed by atoms with Gasteiger partial charge in [0, 0.05) is 35.5 Å². The molecule has 0 unspecified atom stereocenters. The maximum Gasteiger partial charge on any atom is 0.226 e. The molecular weight excluding hydrogens is 334 g/mol. The summed E-state index contributed by atoms with van der Waals surface area (Å²) in [5, 5.41) is 3.14. The van der Waals surface area contributed by atoms with Gasteiger partial charge in [0.25, 0.3) is 0 Å². The zero-order valence-electron chi connectivity index (χ0n) is 13.7. The van der Waals surface area contributed by atoms with Gasteiger partial charge in [-0.05, 0) is 6.92 Å². The number of aryl methyl sites for hydroxylation is 1. The van der Waals surface area contributed by atoms with E-state index in [1.807, 2.05) is 49.4 Å². The van der Waals surface area contributed by atoms with Gasteiger partial charge in [0.1, 0.15) is 0 Å². The number of aromatic nitrogens is 2. The number of nitrogens with zero attached hydrogens (tertiary/aromatic N) is 2. The quantitative estimate of drug-likeness (QED) is 0.678. The van der Waals surface area contributed by atoms with Crippen molar-refractivity contribution in [3.63, 3.8) is 0 Å². The van der Waals surface area contributed by atoms with Gasteiger partial charge >= 0.3 is 0 Å². The second-order valence-electron chi connectivity index (χ2n) is 5.63. The Labute approximate surface area is 149 Å². The Kier molecular flexibility index (Phi) is 5.30. The summed E-state index contributed by atoms with van der Waals surface area (Å²) in [6.45, 7) is 1.97. The Bertz CT molecular complexity index is 873. The van der Waals surface area contributed by atoms with E-state index in [-0.39, 0.29) is 24.5 Å². The number of Topliss-reactive ketones (excluding diaryl/α,β-unsaturated/α-hetero) is 1. The third kappa shape index (κ3) is 4.58. The van der Waals surface area contributed by atoms with Crippen molar-refractivity contribution in [1.29, 1.82) is 0 Å². The second-order valence-corrected chi connectivity index (χ2v) is 6.38. The molecule has 25 heavy (non-hydrogen) atoms. The predicted molar refractivity (Wildman–Crippen MR) is 98.7 cm³/mol. The van der Waals surface area contributed by atoms with Crippen molar-refractivity contribution >= 4 is 28.4 Å². The summed E-state index contributed by atoms with van der Waals surface area (Å²) in [5.74, 6) is 0.297. The molecule has 0 aliphatic heterocycles. The minimum Gasteiger partial charge on any atom is -0.301 e. The molecule has 1 heterocycles. The van der Waals surface area contributed by atoms with Crippen molar-refractivity contribution < 1.29 is 9.59 Å². The molecule has 2 aromatic carbocycles. The summed E-state index contributed by atoms with van der Waals surface area (Å²) in [7, 11) is 0. The number of nitrogens with one attached hydrogen (secondary N) is 1. The summed E-state index contributed by atoms with van der Waals surface area (Å²) in [5.41, 5.74) is 2.62. The Hall–Kier alpha value is -2.86. The highest BCUT2D eigenvalue weighted by molar-refractivity contribution is 7.10. The van der Waals surface area contributed by atoms with Crippen LogP contribution in [-0.2, 0) is 4.79 Å². The summed E-state index contributed by atoms with van der Waals surface area (Å²) in [4.78, 5) is 28.4. The lowest BCUT2D eigenvalue weighted by atomic mass is 10.1. The molecule has 1 amide bonds. The minimum absolute atomic E-state index is 0.0441. The summed E-state index contributed by atoms with van der Waals surface area (Å²) in [6, 6.07) is 16.9. The van der Waals surface area contributed by atoms with Crippen LogP contribution < -0.4 is 5.32 Å². The van der Waals surface area contributed by atoms with Crippen LogP contribution in [0, 0.1) is 6.92 Å². The third-order valence-corrected chi connectivity index (χ3v) is 4.29. The van der Waals surface area contributed by atoms with Gasteiger partial charge in [-0.2, -0.15) is 9.36 Å². The van der Waals surface area contributed by atoms with Gasteiger partial charge < -0.3 is 5.32 Å². The highest BCUT2D eigenvalue weighted by atomic mass is 32.1. The van der Waals surface area contributed by atoms with Crippen LogP contribution in [0.25, 0.3) is 11.4 Å². The maximum absolute atomic E-state index is 12.1. The van der Waals surface area contributed by atoms with Gasteiger partial charge in [0.2, 0.25) is 11.0 Å². The maximum atomic E-state index is 12.1. The Morgan fingerprint density at radius 1 is 1.00 bits per heavy atom. The van der Waals surface area contributed by atoms with E-state index in [4.69, 9.17) is 0 Å². The van der Waals surface area contributed by atoms with Crippen LogP contribution in [0.4, 0.5) is 5.13 Å². The van der Waals surface area contributed by atoms with E-state index in [1.54, 1.807) is 12.1 Å². The number of rotatable bonds is 6. The molecule has 0 saturated carbocycles. The number of carbonyl (C=O) groups excluding carboxylic acids is 2. The van der Waals surface area contributed by atoms with Crippen LogP contribution in [0.2, 0.25) is 0 Å². The lowest BCUT2D eigenvalue weighted by Crippen LogP contribution is -2.13. The number of benzene rings is 2. The van der Waals surface area contributed by atoms with Crippen molar-refractivity contribution in [1.82, 2.24) is 9.36 Å². The number of hydrogen-bond acceptors (Lipinski definition) is 5. The first-order valence-corrected chi connectivity index (χ1v) is 8.68. The zero-order valence-corrected chi connectivity index (χ0v) is 14.5. The van der Waals surface area contributed by atoms with E-state index >= 15 is 0 Å². The summed E-state index contributed by atoms with van der Waals surface area (Å²) >= 11 is 1.13. The van der Waals surface area contributed by atoms with E-state index in [2.05, 4.69) is 14.7 Å². The van der Waals surface area contributed by atoms with Crippen molar-refractivity contribution in [2.24, 2.45) is 0 Å². The topological polar surface area (TPSA) is 72.0 Å². The molecule has 0 saturated heterocycles. The molecule has 1 N–H and O–H groups in total. The molecule has 6 heteroatoms. The number of ketones is 1. The molecule has 1 aromatic heterocycles. The van der Waals surface area contributed by atoms with E-state index in [1.165, 1.54) is 0 Å². The molecule has 0 aliphatic carbocycles. The van der Waals surface area contributed by atoms with Crippen molar-refractivity contribution in [2.75, 3.05) is 5.32 Å². The van der Waals surface area contributed by atoms with E-state index < -0.39 is 0 Å². The molecule has 3 aromatic rings. The number of amides is 1. The molecule has 0 fully saturated rings. The van der Waals surface area contributed by atoms with Crippen molar-refractivity contribution in [2.45, 2.75) is 19.8 Å². The smallest absolute Gasteiger partial charge is 0.226 e. The Morgan fingerprint density at radius 2 is 1.72 bits per heavy atom. The van der Waals surface area contributed by atoms with Gasteiger partial charge in [-0.15, -0.1) is 0 Å². The van der Waals surface area contributed by atoms with E-state index in [0.717, 1.165) is 22.7 Å². The Morgan fingerprint density at radius 3 is 2.44 bits per heavy atom. The fourth-order valence-corrected chi connectivity index (χ4v) is 2.88. The van der Waals surface area contributed by atoms with Crippen LogP contribution in [-0.4, -0.2) is 21.0 Å². The van der Waals surface area contributed by atoms with E-state index in [9.17, 15) is 9.59 Å². The van der Waals surface area contributed by atoms with Gasteiger partial charge in [-0.3, -0.25) is 9.59 Å². The van der Waals surface area contributed by atoms with Gasteiger partial charge in [0.15, 0.2) is 11.6 Å². The molecule has 0 radical (unpaired) electrons. The molecule has 5 nitrogen and oxygen atoms in total. The largest absolute Gasteiger partial charge is 0.301 e. The molecule has 0 bridgehead atoms. The summed E-state index contributed by atoms with van der Waals surface area (Å²) in [6.07, 6.45) is 0.284. The summed E-state index contributed by atoms with van der Waals surface area (Å²) < 4.78 is 4.24. The highest BCUT2D eigenvalue weighted by Gasteiger charge is 2.12. The van der Waals surface area contributed by atoms with Crippen molar-refractivity contribution in [3.8, 4) is 11.4 Å². The number of carbonyl (C=O) groups is 2. The Balaban J connectivity index is 1.54. The van der Waals surface area contributed by atoms with Gasteiger partial charge in [-0.25, -0.2) is 0 Å². The number of anilines is 1. The van der Waals surface area contributed by atoms with Crippen LogP contribution in [0.3, 0.4) is 0 Å². The van der Waals surface area contributed by atoms with Gasteiger partial charge in [0.05, 0.1) is 0 Å². The monoisotopic (exact) mass is 351 g/mol. The SMILES string of the molecule is Cc1ccc(C(=O)CCC(=O)Nc2nc(-c3ccccc3)ns2)cc1. The first-order chi connectivity index (χ1) is 12.1.